The Morgan fingerprint density at radius 1 is 0.962 bits per heavy atom. The number of nitrogens with zero attached hydrogens (tertiary/aromatic N) is 2. The Morgan fingerprint density at radius 3 is 2.00 bits per heavy atom. The van der Waals surface area contributed by atoms with E-state index in [-0.39, 0.29) is 0 Å². The minimum absolute atomic E-state index is 0.667. The quantitative estimate of drug-likeness (QED) is 0.408. The number of likely N-dealkylation sites (tertiary alicyclic amines) is 1. The average molecular weight is 405 g/mol. The summed E-state index contributed by atoms with van der Waals surface area (Å²) in [4.78, 5) is 2.64. The van der Waals surface area contributed by atoms with Crippen LogP contribution in [0.5, 0.6) is 0 Å². The van der Waals surface area contributed by atoms with Crippen LogP contribution in [0, 0.1) is 0 Å². The van der Waals surface area contributed by atoms with Crippen molar-refractivity contribution < 1.29 is 13.3 Å². The van der Waals surface area contributed by atoms with Crippen LogP contribution in [0.1, 0.15) is 47.0 Å². The molecule has 5 nitrogen and oxygen atoms in total. The van der Waals surface area contributed by atoms with Gasteiger partial charge in [0.05, 0.1) is 0 Å². The smallest absolute Gasteiger partial charge is 0.374 e. The molecule has 7 heteroatoms. The zero-order chi connectivity index (χ0) is 19.6. The van der Waals surface area contributed by atoms with E-state index in [0.717, 1.165) is 25.1 Å². The van der Waals surface area contributed by atoms with E-state index in [4.69, 9.17) is 13.3 Å². The third kappa shape index (κ3) is 7.69. The monoisotopic (exact) mass is 404 g/mol. The molecule has 1 aliphatic heterocycles. The molecule has 0 saturated carbocycles. The number of rotatable bonds is 14. The summed E-state index contributed by atoms with van der Waals surface area (Å²) in [6.07, 6.45) is 3.67. The average Bonchev–Trinajstić information content (AvgIpc) is 3.00. The van der Waals surface area contributed by atoms with Crippen molar-refractivity contribution in [1.29, 1.82) is 0 Å². The van der Waals surface area contributed by atoms with Crippen molar-refractivity contribution in [3.8, 4) is 0 Å². The van der Waals surface area contributed by atoms with E-state index in [2.05, 4.69) is 36.0 Å². The Hall–Kier alpha value is 0.234. The van der Waals surface area contributed by atoms with Gasteiger partial charge in [-0.1, -0.05) is 26.6 Å². The van der Waals surface area contributed by atoms with Gasteiger partial charge in [-0.2, -0.15) is 0 Å². The van der Waals surface area contributed by atoms with Crippen molar-refractivity contribution in [2.75, 3.05) is 46.0 Å². The van der Waals surface area contributed by atoms with E-state index in [1.807, 2.05) is 20.8 Å². The van der Waals surface area contributed by atoms with E-state index in [9.17, 15) is 0 Å². The Balaban J connectivity index is 2.52. The summed E-state index contributed by atoms with van der Waals surface area (Å²) < 4.78 is 20.8. The van der Waals surface area contributed by atoms with Gasteiger partial charge in [0.1, 0.15) is 8.24 Å². The molecular weight excluding hydrogens is 360 g/mol. The van der Waals surface area contributed by atoms with Crippen LogP contribution in [0.4, 0.5) is 0 Å². The minimum atomic E-state index is -2.48. The Labute approximate surface area is 164 Å². The maximum Gasteiger partial charge on any atom is 0.500 e. The van der Waals surface area contributed by atoms with Crippen LogP contribution in [0.15, 0.2) is 0 Å². The maximum absolute atomic E-state index is 5.98. The zero-order valence-electron chi connectivity index (χ0n) is 18.5. The second-order valence-corrected chi connectivity index (χ2v) is 15.8. The topological polar surface area (TPSA) is 34.2 Å². The van der Waals surface area contributed by atoms with Crippen LogP contribution >= 0.6 is 0 Å². The Bertz CT molecular complexity index is 363. The molecule has 1 fully saturated rings. The fourth-order valence-corrected chi connectivity index (χ4v) is 8.89. The Kier molecular flexibility index (Phi) is 11.1. The van der Waals surface area contributed by atoms with Crippen LogP contribution in [0.3, 0.4) is 0 Å². The molecule has 0 aromatic rings. The van der Waals surface area contributed by atoms with Crippen molar-refractivity contribution in [3.05, 3.63) is 0 Å². The lowest BCUT2D eigenvalue weighted by atomic mass is 10.2. The molecule has 0 bridgehead atoms. The second kappa shape index (κ2) is 11.9. The molecule has 0 radical (unpaired) electrons. The van der Waals surface area contributed by atoms with Crippen molar-refractivity contribution in [2.45, 2.75) is 78.7 Å². The molecule has 1 heterocycles. The molecule has 1 aliphatic rings. The first kappa shape index (κ1) is 24.3. The highest BCUT2D eigenvalue weighted by atomic mass is 28.4. The molecule has 1 unspecified atom stereocenters. The van der Waals surface area contributed by atoms with Crippen molar-refractivity contribution >= 4 is 17.0 Å². The molecular formula is C19H44N2O3Si2. The predicted octanol–water partition coefficient (Wildman–Crippen LogP) is 4.05. The van der Waals surface area contributed by atoms with Crippen molar-refractivity contribution in [2.24, 2.45) is 0 Å². The first-order valence-electron chi connectivity index (χ1n) is 10.7. The lowest BCUT2D eigenvalue weighted by Gasteiger charge is -2.39. The third-order valence-corrected chi connectivity index (χ3v) is 10.5. The highest BCUT2D eigenvalue weighted by Gasteiger charge is 2.40. The molecule has 156 valence electrons. The first-order valence-corrected chi connectivity index (χ1v) is 16.1. The normalized spacial score (nSPS) is 19.6. The van der Waals surface area contributed by atoms with E-state index in [0.29, 0.717) is 19.8 Å². The van der Waals surface area contributed by atoms with Crippen LogP contribution < -0.4 is 0 Å². The molecule has 0 amide bonds. The van der Waals surface area contributed by atoms with Gasteiger partial charge in [-0.05, 0) is 59.7 Å². The molecule has 1 atom stereocenters. The summed E-state index contributed by atoms with van der Waals surface area (Å²) in [5.74, 6) is 0. The van der Waals surface area contributed by atoms with Gasteiger partial charge in [-0.15, -0.1) is 0 Å². The van der Waals surface area contributed by atoms with Gasteiger partial charge in [-0.3, -0.25) is 0 Å². The molecule has 1 saturated heterocycles. The predicted molar refractivity (Wildman–Crippen MR) is 115 cm³/mol. The molecule has 0 N–H and O–H groups in total. The van der Waals surface area contributed by atoms with Gasteiger partial charge in [0.2, 0.25) is 0 Å². The van der Waals surface area contributed by atoms with Gasteiger partial charge in [-0.25, -0.2) is 0 Å². The standard InChI is InChI=1S/C19H44N2O3Si2/c1-8-14-21(25(5,6)7)19-13-16-20(18-19)15-12-17-26(22-9-2,23-10-3)24-11-4/h19H,8-18H2,1-7H3. The SMILES string of the molecule is CCCN(C1CCN(CCC[Si](OCC)(OCC)OCC)C1)[Si](C)(C)C. The van der Waals surface area contributed by atoms with Crippen molar-refractivity contribution in [3.63, 3.8) is 0 Å². The van der Waals surface area contributed by atoms with Gasteiger partial charge in [0, 0.05) is 38.5 Å². The molecule has 0 spiro atoms. The van der Waals surface area contributed by atoms with Crippen LogP contribution in [0.25, 0.3) is 0 Å². The number of hydrogen-bond acceptors (Lipinski definition) is 5. The summed E-state index contributed by atoms with van der Waals surface area (Å²) in [5, 5.41) is 0. The summed E-state index contributed by atoms with van der Waals surface area (Å²) >= 11 is 0. The third-order valence-electron chi connectivity index (χ3n) is 5.06. The van der Waals surface area contributed by atoms with E-state index >= 15 is 0 Å². The molecule has 26 heavy (non-hydrogen) atoms. The summed E-state index contributed by atoms with van der Waals surface area (Å²) in [6.45, 7) is 22.7. The Morgan fingerprint density at radius 2 is 1.54 bits per heavy atom. The summed E-state index contributed by atoms with van der Waals surface area (Å²) in [7, 11) is -3.72. The van der Waals surface area contributed by atoms with Gasteiger partial charge in [0.25, 0.3) is 0 Å². The van der Waals surface area contributed by atoms with Crippen LogP contribution in [-0.4, -0.2) is 78.5 Å². The lowest BCUT2D eigenvalue weighted by Crippen LogP contribution is -2.53. The highest BCUT2D eigenvalue weighted by molar-refractivity contribution is 6.73. The highest BCUT2D eigenvalue weighted by Crippen LogP contribution is 2.24. The van der Waals surface area contributed by atoms with Gasteiger partial charge in [0.15, 0.2) is 0 Å². The van der Waals surface area contributed by atoms with Gasteiger partial charge >= 0.3 is 8.80 Å². The largest absolute Gasteiger partial charge is 0.500 e. The molecule has 0 aliphatic carbocycles. The minimum Gasteiger partial charge on any atom is -0.374 e. The van der Waals surface area contributed by atoms with E-state index in [1.165, 1.54) is 32.5 Å². The second-order valence-electron chi connectivity index (χ2n) is 8.19. The zero-order valence-corrected chi connectivity index (χ0v) is 20.5. The number of hydrogen-bond donors (Lipinski definition) is 0. The fourth-order valence-electron chi connectivity index (χ4n) is 4.10. The molecule has 0 aromatic carbocycles. The summed E-state index contributed by atoms with van der Waals surface area (Å²) in [5.41, 5.74) is 0. The van der Waals surface area contributed by atoms with Crippen LogP contribution in [-0.2, 0) is 13.3 Å². The van der Waals surface area contributed by atoms with Crippen molar-refractivity contribution in [1.82, 2.24) is 9.47 Å². The molecule has 1 rings (SSSR count). The van der Waals surface area contributed by atoms with E-state index < -0.39 is 17.0 Å². The molecule has 0 aromatic heterocycles. The first-order chi connectivity index (χ1) is 12.3. The van der Waals surface area contributed by atoms with Gasteiger partial charge < -0.3 is 22.7 Å². The fraction of sp³-hybridized carbons (Fsp3) is 1.00. The van der Waals surface area contributed by atoms with E-state index in [1.54, 1.807) is 0 Å². The van der Waals surface area contributed by atoms with Crippen LogP contribution in [0.2, 0.25) is 25.7 Å². The lowest BCUT2D eigenvalue weighted by molar-refractivity contribution is 0.0701. The maximum atomic E-state index is 5.98. The summed E-state index contributed by atoms with van der Waals surface area (Å²) in [6, 6.07) is 1.67.